The molecule has 2 rings (SSSR count). The first kappa shape index (κ1) is 12.0. The monoisotopic (exact) mass is 239 g/mol. The van der Waals surface area contributed by atoms with E-state index >= 15 is 0 Å². The Bertz CT molecular complexity index is 353. The van der Waals surface area contributed by atoms with Gasteiger partial charge in [-0.15, -0.1) is 11.8 Å². The minimum Gasteiger partial charge on any atom is -0.316 e. The SMILES string of the molecule is CNCc1c(C)nn(C)c1SC1CCCC1. The Kier molecular flexibility index (Phi) is 3.92. The summed E-state index contributed by atoms with van der Waals surface area (Å²) in [5, 5.41) is 9.93. The van der Waals surface area contributed by atoms with E-state index in [0.29, 0.717) is 0 Å². The second-order valence-corrected chi connectivity index (χ2v) is 5.84. The summed E-state index contributed by atoms with van der Waals surface area (Å²) in [7, 11) is 4.06. The third-order valence-electron chi connectivity index (χ3n) is 3.22. The minimum atomic E-state index is 0.811. The van der Waals surface area contributed by atoms with E-state index in [4.69, 9.17) is 0 Å². The lowest BCUT2D eigenvalue weighted by molar-refractivity contribution is 0.681. The number of hydrogen-bond acceptors (Lipinski definition) is 3. The second kappa shape index (κ2) is 5.23. The summed E-state index contributed by atoms with van der Waals surface area (Å²) in [6.45, 7) is 3.03. The molecule has 16 heavy (non-hydrogen) atoms. The van der Waals surface area contributed by atoms with Crippen LogP contribution in [-0.4, -0.2) is 22.1 Å². The van der Waals surface area contributed by atoms with Crippen molar-refractivity contribution in [3.8, 4) is 0 Å². The van der Waals surface area contributed by atoms with Crippen LogP contribution in [0.1, 0.15) is 36.9 Å². The largest absolute Gasteiger partial charge is 0.316 e. The summed E-state index contributed by atoms with van der Waals surface area (Å²) in [4.78, 5) is 0. The van der Waals surface area contributed by atoms with Gasteiger partial charge in [0, 0.05) is 24.4 Å². The van der Waals surface area contributed by atoms with Crippen LogP contribution in [0.15, 0.2) is 5.03 Å². The number of nitrogens with zero attached hydrogens (tertiary/aromatic N) is 2. The van der Waals surface area contributed by atoms with Crippen molar-refractivity contribution in [3.63, 3.8) is 0 Å². The smallest absolute Gasteiger partial charge is 0.0987 e. The van der Waals surface area contributed by atoms with Gasteiger partial charge >= 0.3 is 0 Å². The topological polar surface area (TPSA) is 29.9 Å². The van der Waals surface area contributed by atoms with Crippen LogP contribution in [0.2, 0.25) is 0 Å². The number of aromatic nitrogens is 2. The molecule has 4 heteroatoms. The Morgan fingerprint density at radius 3 is 2.75 bits per heavy atom. The van der Waals surface area contributed by atoms with Gasteiger partial charge in [-0.05, 0) is 26.8 Å². The lowest BCUT2D eigenvalue weighted by Gasteiger charge is -2.11. The van der Waals surface area contributed by atoms with Crippen molar-refractivity contribution in [1.29, 1.82) is 0 Å². The summed E-state index contributed by atoms with van der Waals surface area (Å²) in [5.41, 5.74) is 2.54. The van der Waals surface area contributed by atoms with E-state index in [0.717, 1.165) is 17.5 Å². The lowest BCUT2D eigenvalue weighted by atomic mass is 10.3. The van der Waals surface area contributed by atoms with E-state index in [1.807, 2.05) is 23.5 Å². The fourth-order valence-electron chi connectivity index (χ4n) is 2.37. The normalized spacial score (nSPS) is 17.2. The third-order valence-corrected chi connectivity index (χ3v) is 4.76. The average Bonchev–Trinajstić information content (AvgIpc) is 2.82. The molecule has 0 amide bonds. The van der Waals surface area contributed by atoms with Gasteiger partial charge in [-0.1, -0.05) is 12.8 Å². The molecule has 1 saturated carbocycles. The number of hydrogen-bond donors (Lipinski definition) is 1. The Morgan fingerprint density at radius 1 is 1.44 bits per heavy atom. The van der Waals surface area contributed by atoms with Crippen LogP contribution in [0.3, 0.4) is 0 Å². The summed E-state index contributed by atoms with van der Waals surface area (Å²) in [6, 6.07) is 0. The van der Waals surface area contributed by atoms with Crippen molar-refractivity contribution in [3.05, 3.63) is 11.3 Å². The fraction of sp³-hybridized carbons (Fsp3) is 0.750. The van der Waals surface area contributed by atoms with E-state index in [-0.39, 0.29) is 0 Å². The summed E-state index contributed by atoms with van der Waals surface area (Å²) >= 11 is 2.03. The Hall–Kier alpha value is -0.480. The van der Waals surface area contributed by atoms with E-state index in [1.54, 1.807) is 0 Å². The molecular formula is C12H21N3S. The second-order valence-electron chi connectivity index (χ2n) is 4.55. The van der Waals surface area contributed by atoms with E-state index < -0.39 is 0 Å². The molecule has 0 unspecified atom stereocenters. The first-order valence-corrected chi connectivity index (χ1v) is 6.94. The number of aryl methyl sites for hydroxylation is 2. The maximum absolute atomic E-state index is 4.53. The molecule has 0 aliphatic heterocycles. The molecule has 1 aliphatic rings. The molecule has 1 N–H and O–H groups in total. The van der Waals surface area contributed by atoms with E-state index in [2.05, 4.69) is 24.4 Å². The molecule has 1 aliphatic carbocycles. The first-order valence-electron chi connectivity index (χ1n) is 6.06. The Labute approximate surface area is 102 Å². The highest BCUT2D eigenvalue weighted by Gasteiger charge is 2.21. The standard InChI is InChI=1S/C12H21N3S/c1-9-11(8-13-2)12(15(3)14-9)16-10-6-4-5-7-10/h10,13H,4-8H2,1-3H3. The molecule has 1 aromatic rings. The van der Waals surface area contributed by atoms with Crippen molar-refractivity contribution in [2.45, 2.75) is 49.4 Å². The summed E-state index contributed by atoms with van der Waals surface area (Å²) in [5.74, 6) is 0. The highest BCUT2D eigenvalue weighted by Crippen LogP contribution is 2.36. The number of rotatable bonds is 4. The molecule has 1 aromatic heterocycles. The van der Waals surface area contributed by atoms with Gasteiger partial charge in [0.15, 0.2) is 0 Å². The van der Waals surface area contributed by atoms with Gasteiger partial charge in [0.25, 0.3) is 0 Å². The Morgan fingerprint density at radius 2 is 2.12 bits per heavy atom. The zero-order valence-corrected chi connectivity index (χ0v) is 11.2. The third kappa shape index (κ3) is 2.43. The summed E-state index contributed by atoms with van der Waals surface area (Å²) in [6.07, 6.45) is 5.54. The lowest BCUT2D eigenvalue weighted by Crippen LogP contribution is -2.08. The van der Waals surface area contributed by atoms with E-state index in [1.165, 1.54) is 36.3 Å². The summed E-state index contributed by atoms with van der Waals surface area (Å²) < 4.78 is 2.05. The van der Waals surface area contributed by atoms with Crippen molar-refractivity contribution < 1.29 is 0 Å². The predicted molar refractivity (Wildman–Crippen MR) is 68.8 cm³/mol. The van der Waals surface area contributed by atoms with Crippen molar-refractivity contribution >= 4 is 11.8 Å². The molecule has 90 valence electrons. The number of nitrogens with one attached hydrogen (secondary N) is 1. The maximum Gasteiger partial charge on any atom is 0.0987 e. The molecular weight excluding hydrogens is 218 g/mol. The van der Waals surface area contributed by atoms with Crippen LogP contribution in [0.4, 0.5) is 0 Å². The van der Waals surface area contributed by atoms with Crippen LogP contribution < -0.4 is 5.32 Å². The van der Waals surface area contributed by atoms with Crippen LogP contribution in [0.25, 0.3) is 0 Å². The highest BCUT2D eigenvalue weighted by atomic mass is 32.2. The fourth-order valence-corrected chi connectivity index (χ4v) is 3.81. The van der Waals surface area contributed by atoms with Gasteiger partial charge < -0.3 is 5.32 Å². The zero-order chi connectivity index (χ0) is 11.5. The Balaban J connectivity index is 2.16. The molecule has 1 heterocycles. The first-order chi connectivity index (χ1) is 7.72. The van der Waals surface area contributed by atoms with Gasteiger partial charge in [-0.2, -0.15) is 5.10 Å². The molecule has 0 radical (unpaired) electrons. The predicted octanol–water partition coefficient (Wildman–Crippen LogP) is 2.48. The average molecular weight is 239 g/mol. The molecule has 0 aromatic carbocycles. The molecule has 0 bridgehead atoms. The van der Waals surface area contributed by atoms with Crippen LogP contribution in [0.5, 0.6) is 0 Å². The van der Waals surface area contributed by atoms with Crippen LogP contribution in [0, 0.1) is 6.92 Å². The maximum atomic E-state index is 4.53. The van der Waals surface area contributed by atoms with Gasteiger partial charge in [0.1, 0.15) is 0 Å². The van der Waals surface area contributed by atoms with Gasteiger partial charge in [-0.3, -0.25) is 4.68 Å². The van der Waals surface area contributed by atoms with Crippen molar-refractivity contribution in [2.24, 2.45) is 7.05 Å². The van der Waals surface area contributed by atoms with Crippen molar-refractivity contribution in [1.82, 2.24) is 15.1 Å². The van der Waals surface area contributed by atoms with Crippen LogP contribution in [-0.2, 0) is 13.6 Å². The number of thioether (sulfide) groups is 1. The molecule has 0 spiro atoms. The van der Waals surface area contributed by atoms with Gasteiger partial charge in [0.2, 0.25) is 0 Å². The minimum absolute atomic E-state index is 0.811. The van der Waals surface area contributed by atoms with E-state index in [9.17, 15) is 0 Å². The molecule has 0 saturated heterocycles. The molecule has 1 fully saturated rings. The quantitative estimate of drug-likeness (QED) is 0.875. The highest BCUT2D eigenvalue weighted by molar-refractivity contribution is 7.99. The molecule has 0 atom stereocenters. The van der Waals surface area contributed by atoms with Gasteiger partial charge in [-0.25, -0.2) is 0 Å². The van der Waals surface area contributed by atoms with Gasteiger partial charge in [0.05, 0.1) is 10.7 Å². The van der Waals surface area contributed by atoms with Crippen molar-refractivity contribution in [2.75, 3.05) is 7.05 Å². The zero-order valence-electron chi connectivity index (χ0n) is 10.4. The molecule has 3 nitrogen and oxygen atoms in total. The van der Waals surface area contributed by atoms with Crippen LogP contribution >= 0.6 is 11.8 Å².